The molecule has 0 saturated heterocycles. The fraction of sp³-hybridized carbons (Fsp3) is 0.143. The van der Waals surface area contributed by atoms with Crippen molar-refractivity contribution < 1.29 is 19.4 Å². The van der Waals surface area contributed by atoms with Gasteiger partial charge in [-0.15, -0.1) is 0 Å². The van der Waals surface area contributed by atoms with Crippen molar-refractivity contribution in [2.75, 3.05) is 0 Å². The van der Waals surface area contributed by atoms with E-state index in [0.717, 1.165) is 5.56 Å². The smallest absolute Gasteiger partial charge is 0.343 e. The number of benzene rings is 3. The van der Waals surface area contributed by atoms with Crippen LogP contribution in [0.2, 0.25) is 0 Å². The molecule has 4 heteroatoms. The lowest BCUT2D eigenvalue weighted by Crippen LogP contribution is -2.11. The fourth-order valence-electron chi connectivity index (χ4n) is 2.75. The molecule has 0 spiro atoms. The molecule has 4 nitrogen and oxygen atoms in total. The summed E-state index contributed by atoms with van der Waals surface area (Å²) in [6, 6.07) is 15.6. The second kappa shape index (κ2) is 6.77. The fourth-order valence-corrected chi connectivity index (χ4v) is 2.75. The number of aryl methyl sites for hydroxylation is 1. The van der Waals surface area contributed by atoms with Crippen molar-refractivity contribution >= 4 is 22.5 Å². The van der Waals surface area contributed by atoms with Crippen molar-refractivity contribution in [1.29, 1.82) is 0 Å². The molecule has 3 aromatic carbocycles. The molecule has 0 aliphatic rings. The van der Waals surface area contributed by atoms with Crippen molar-refractivity contribution in [3.05, 3.63) is 71.3 Å². The zero-order valence-corrected chi connectivity index (χ0v) is 14.1. The lowest BCUT2D eigenvalue weighted by Gasteiger charge is -2.14. The Bertz CT molecular complexity index is 956. The first-order valence-electron chi connectivity index (χ1n) is 7.97. The molecule has 0 heterocycles. The Morgan fingerprint density at radius 3 is 2.28 bits per heavy atom. The van der Waals surface area contributed by atoms with Crippen LogP contribution in [0, 0.1) is 6.92 Å². The van der Waals surface area contributed by atoms with Gasteiger partial charge in [0, 0.05) is 22.8 Å². The Balaban J connectivity index is 2.09. The number of carbonyl (C=O) groups is 2. The SMILES string of the molecule is CC(=O)Cc1cc(O)c2ccccc2c1OC(=O)c1ccc(C)cc1. The molecule has 0 atom stereocenters. The van der Waals surface area contributed by atoms with E-state index in [1.54, 1.807) is 36.4 Å². The highest BCUT2D eigenvalue weighted by Crippen LogP contribution is 2.37. The van der Waals surface area contributed by atoms with E-state index in [4.69, 9.17) is 4.74 Å². The van der Waals surface area contributed by atoms with Gasteiger partial charge >= 0.3 is 5.97 Å². The van der Waals surface area contributed by atoms with Crippen LogP contribution in [0.4, 0.5) is 0 Å². The van der Waals surface area contributed by atoms with Gasteiger partial charge in [-0.2, -0.15) is 0 Å². The number of phenols is 1. The highest BCUT2D eigenvalue weighted by molar-refractivity contribution is 5.99. The molecule has 0 aromatic heterocycles. The van der Waals surface area contributed by atoms with Gasteiger partial charge in [0.15, 0.2) is 0 Å². The van der Waals surface area contributed by atoms with Crippen molar-refractivity contribution in [2.45, 2.75) is 20.3 Å². The van der Waals surface area contributed by atoms with Crippen LogP contribution in [0.25, 0.3) is 10.8 Å². The van der Waals surface area contributed by atoms with Gasteiger partial charge in [0.05, 0.1) is 5.56 Å². The van der Waals surface area contributed by atoms with E-state index >= 15 is 0 Å². The molecule has 126 valence electrons. The number of fused-ring (bicyclic) bond motifs is 1. The minimum absolute atomic E-state index is 0.0574. The lowest BCUT2D eigenvalue weighted by atomic mass is 10.0. The number of carbonyl (C=O) groups excluding carboxylic acids is 2. The van der Waals surface area contributed by atoms with Gasteiger partial charge in [-0.25, -0.2) is 4.79 Å². The zero-order valence-electron chi connectivity index (χ0n) is 14.1. The summed E-state index contributed by atoms with van der Waals surface area (Å²) in [6.45, 7) is 3.39. The second-order valence-electron chi connectivity index (χ2n) is 6.06. The van der Waals surface area contributed by atoms with Gasteiger partial charge in [-0.3, -0.25) is 4.79 Å². The number of ether oxygens (including phenoxy) is 1. The number of hydrogen-bond acceptors (Lipinski definition) is 4. The maximum Gasteiger partial charge on any atom is 0.343 e. The summed E-state index contributed by atoms with van der Waals surface area (Å²) >= 11 is 0. The summed E-state index contributed by atoms with van der Waals surface area (Å²) in [6.07, 6.45) is 0.0783. The van der Waals surface area contributed by atoms with E-state index in [0.29, 0.717) is 27.6 Å². The molecule has 1 N–H and O–H groups in total. The van der Waals surface area contributed by atoms with Crippen LogP contribution >= 0.6 is 0 Å². The predicted molar refractivity (Wildman–Crippen MR) is 96.1 cm³/mol. The first kappa shape index (κ1) is 16.7. The highest BCUT2D eigenvalue weighted by Gasteiger charge is 2.18. The molecule has 0 fully saturated rings. The van der Waals surface area contributed by atoms with Crippen molar-refractivity contribution in [2.24, 2.45) is 0 Å². The molecule has 0 aliphatic heterocycles. The molecule has 3 rings (SSSR count). The van der Waals surface area contributed by atoms with Crippen molar-refractivity contribution in [1.82, 2.24) is 0 Å². The highest BCUT2D eigenvalue weighted by atomic mass is 16.5. The molecule has 0 saturated carbocycles. The van der Waals surface area contributed by atoms with Gasteiger partial charge in [-0.1, -0.05) is 42.0 Å². The third-order valence-electron chi connectivity index (χ3n) is 3.97. The Hall–Kier alpha value is -3.14. The predicted octanol–water partition coefficient (Wildman–Crippen LogP) is 4.20. The quantitative estimate of drug-likeness (QED) is 0.573. The third-order valence-corrected chi connectivity index (χ3v) is 3.97. The molecular weight excluding hydrogens is 316 g/mol. The number of aromatic hydroxyl groups is 1. The maximum atomic E-state index is 12.5. The van der Waals surface area contributed by atoms with E-state index in [-0.39, 0.29) is 18.0 Å². The summed E-state index contributed by atoms with van der Waals surface area (Å²) in [5.41, 5.74) is 1.96. The number of Topliss-reactive ketones (excluding diaryl/α,β-unsaturated/α-hetero) is 1. The Morgan fingerprint density at radius 1 is 1.00 bits per heavy atom. The summed E-state index contributed by atoms with van der Waals surface area (Å²) in [7, 11) is 0. The van der Waals surface area contributed by atoms with Gasteiger partial charge < -0.3 is 9.84 Å². The normalized spacial score (nSPS) is 10.6. The number of esters is 1. The Kier molecular flexibility index (Phi) is 4.52. The first-order valence-corrected chi connectivity index (χ1v) is 7.97. The van der Waals surface area contributed by atoms with Crippen LogP contribution in [0.15, 0.2) is 54.6 Å². The molecule has 0 bridgehead atoms. The van der Waals surface area contributed by atoms with Crippen LogP contribution in [-0.4, -0.2) is 16.9 Å². The van der Waals surface area contributed by atoms with Crippen LogP contribution in [0.1, 0.15) is 28.4 Å². The van der Waals surface area contributed by atoms with E-state index in [2.05, 4.69) is 0 Å². The Labute approximate surface area is 145 Å². The summed E-state index contributed by atoms with van der Waals surface area (Å²) in [4.78, 5) is 24.1. The van der Waals surface area contributed by atoms with E-state index in [9.17, 15) is 14.7 Å². The van der Waals surface area contributed by atoms with E-state index < -0.39 is 5.97 Å². The van der Waals surface area contributed by atoms with Crippen LogP contribution in [0.3, 0.4) is 0 Å². The minimum atomic E-state index is -0.499. The summed E-state index contributed by atoms with van der Waals surface area (Å²) in [5.74, 6) is -0.209. The molecule has 25 heavy (non-hydrogen) atoms. The lowest BCUT2D eigenvalue weighted by molar-refractivity contribution is -0.116. The zero-order chi connectivity index (χ0) is 18.0. The van der Waals surface area contributed by atoms with Gasteiger partial charge in [0.1, 0.15) is 17.3 Å². The number of rotatable bonds is 4. The second-order valence-corrected chi connectivity index (χ2v) is 6.06. The van der Waals surface area contributed by atoms with E-state index in [1.807, 2.05) is 19.1 Å². The molecule has 3 aromatic rings. The van der Waals surface area contributed by atoms with Gasteiger partial charge in [-0.05, 0) is 32.0 Å². The molecule has 0 radical (unpaired) electrons. The van der Waals surface area contributed by atoms with Crippen LogP contribution in [0.5, 0.6) is 11.5 Å². The summed E-state index contributed by atoms with van der Waals surface area (Å²) < 4.78 is 5.64. The first-order chi connectivity index (χ1) is 12.0. The van der Waals surface area contributed by atoms with Crippen molar-refractivity contribution in [3.8, 4) is 11.5 Å². The largest absolute Gasteiger partial charge is 0.507 e. The maximum absolute atomic E-state index is 12.5. The molecular formula is C21H18O4. The van der Waals surface area contributed by atoms with Gasteiger partial charge in [0.2, 0.25) is 0 Å². The van der Waals surface area contributed by atoms with Gasteiger partial charge in [0.25, 0.3) is 0 Å². The van der Waals surface area contributed by atoms with Crippen molar-refractivity contribution in [3.63, 3.8) is 0 Å². The molecule has 0 amide bonds. The Morgan fingerprint density at radius 2 is 1.64 bits per heavy atom. The average molecular weight is 334 g/mol. The number of phenolic OH excluding ortho intramolecular Hbond substituents is 1. The molecule has 0 unspecified atom stereocenters. The average Bonchev–Trinajstić information content (AvgIpc) is 2.58. The minimum Gasteiger partial charge on any atom is -0.507 e. The third kappa shape index (κ3) is 3.53. The molecule has 0 aliphatic carbocycles. The standard InChI is InChI=1S/C21H18O4/c1-13-7-9-15(10-8-13)21(24)25-20-16(11-14(2)22)12-19(23)17-5-3-4-6-18(17)20/h3-10,12,23H,11H2,1-2H3. The topological polar surface area (TPSA) is 63.6 Å². The van der Waals surface area contributed by atoms with E-state index in [1.165, 1.54) is 13.0 Å². The van der Waals surface area contributed by atoms with Crippen LogP contribution in [-0.2, 0) is 11.2 Å². The monoisotopic (exact) mass is 334 g/mol. The summed E-state index contributed by atoms with van der Waals surface area (Å²) in [5, 5.41) is 11.4. The number of hydrogen-bond donors (Lipinski definition) is 1. The van der Waals surface area contributed by atoms with Crippen LogP contribution < -0.4 is 4.74 Å². The number of ketones is 1.